The molecule has 35 heavy (non-hydrogen) atoms. The van der Waals surface area contributed by atoms with Crippen molar-refractivity contribution in [1.29, 1.82) is 0 Å². The van der Waals surface area contributed by atoms with Crippen LogP contribution in [0.15, 0.2) is 85.3 Å². The highest BCUT2D eigenvalue weighted by Crippen LogP contribution is 2.26. The van der Waals surface area contributed by atoms with Crippen LogP contribution < -0.4 is 10.9 Å². The number of aromatic nitrogens is 2. The summed E-state index contributed by atoms with van der Waals surface area (Å²) < 4.78 is 35.8. The SMILES string of the molecule is CC(C)S(=O)(=O)c1cccc(-c2nnc(NC(=O)c3cc4c(ccc5ccccc54)oc3=O)o2)c1. The van der Waals surface area contributed by atoms with Gasteiger partial charge in [-0.25, -0.2) is 13.2 Å². The molecular weight excluding hydrogens is 470 g/mol. The van der Waals surface area contributed by atoms with Crippen molar-refractivity contribution in [3.8, 4) is 11.5 Å². The molecule has 0 aliphatic carbocycles. The number of carbonyl (C=O) groups excluding carboxylic acids is 1. The molecule has 2 aromatic heterocycles. The Morgan fingerprint density at radius 1 is 0.914 bits per heavy atom. The Morgan fingerprint density at radius 3 is 2.51 bits per heavy atom. The predicted molar refractivity (Wildman–Crippen MR) is 130 cm³/mol. The number of anilines is 1. The van der Waals surface area contributed by atoms with Gasteiger partial charge in [-0.05, 0) is 55.0 Å². The standard InChI is InChI=1S/C25H19N3O6S/c1-14(2)35(31,32)17-8-5-7-16(12-17)23-27-28-25(34-23)26-22(29)20-13-19-18-9-4-3-6-15(18)10-11-21(19)33-24(20)30/h3-14H,1-2H3,(H,26,28,29). The van der Waals surface area contributed by atoms with Crippen molar-refractivity contribution in [2.45, 2.75) is 24.0 Å². The van der Waals surface area contributed by atoms with Crippen LogP contribution in [-0.2, 0) is 9.84 Å². The minimum atomic E-state index is -3.50. The Morgan fingerprint density at radius 2 is 1.71 bits per heavy atom. The van der Waals surface area contributed by atoms with E-state index in [9.17, 15) is 18.0 Å². The molecule has 5 rings (SSSR count). The highest BCUT2D eigenvalue weighted by atomic mass is 32.2. The zero-order valence-corrected chi connectivity index (χ0v) is 19.5. The molecule has 10 heteroatoms. The first kappa shape index (κ1) is 22.5. The summed E-state index contributed by atoms with van der Waals surface area (Å²) in [5.41, 5.74) is -0.298. The van der Waals surface area contributed by atoms with E-state index in [2.05, 4.69) is 15.5 Å². The number of nitrogens with zero attached hydrogens (tertiary/aromatic N) is 2. The molecule has 0 atom stereocenters. The Hall–Kier alpha value is -4.31. The number of amides is 1. The highest BCUT2D eigenvalue weighted by Gasteiger charge is 2.21. The van der Waals surface area contributed by atoms with Crippen LogP contribution in [0.5, 0.6) is 0 Å². The number of hydrogen-bond donors (Lipinski definition) is 1. The number of hydrogen-bond acceptors (Lipinski definition) is 8. The second kappa shape index (κ2) is 8.48. The van der Waals surface area contributed by atoms with Gasteiger partial charge in [-0.1, -0.05) is 41.5 Å². The smallest absolute Gasteiger partial charge is 0.349 e. The molecule has 9 nitrogen and oxygen atoms in total. The zero-order chi connectivity index (χ0) is 24.7. The minimum Gasteiger partial charge on any atom is -0.422 e. The number of benzene rings is 3. The van der Waals surface area contributed by atoms with Gasteiger partial charge in [0.25, 0.3) is 5.91 Å². The molecule has 0 saturated heterocycles. The van der Waals surface area contributed by atoms with Crippen LogP contribution in [0, 0.1) is 0 Å². The van der Waals surface area contributed by atoms with Crippen molar-refractivity contribution in [1.82, 2.24) is 10.2 Å². The molecule has 0 bridgehead atoms. The second-order valence-corrected chi connectivity index (χ2v) is 10.6. The Balaban J connectivity index is 1.45. The van der Waals surface area contributed by atoms with E-state index in [0.717, 1.165) is 10.8 Å². The maximum absolute atomic E-state index is 12.8. The number of carbonyl (C=O) groups is 1. The zero-order valence-electron chi connectivity index (χ0n) is 18.7. The first-order valence-corrected chi connectivity index (χ1v) is 12.2. The van der Waals surface area contributed by atoms with E-state index in [1.165, 1.54) is 18.2 Å². The molecule has 1 amide bonds. The van der Waals surface area contributed by atoms with Gasteiger partial charge in [-0.2, -0.15) is 0 Å². The predicted octanol–water partition coefficient (Wildman–Crippen LogP) is 4.43. The van der Waals surface area contributed by atoms with Gasteiger partial charge < -0.3 is 8.83 Å². The summed E-state index contributed by atoms with van der Waals surface area (Å²) in [6.07, 6.45) is 0. The summed E-state index contributed by atoms with van der Waals surface area (Å²) in [6.45, 7) is 3.18. The molecule has 0 aliphatic heterocycles. The fourth-order valence-corrected chi connectivity index (χ4v) is 4.77. The molecule has 0 spiro atoms. The monoisotopic (exact) mass is 489 g/mol. The average molecular weight is 490 g/mol. The molecular formula is C25H19N3O6S. The maximum Gasteiger partial charge on any atom is 0.349 e. The van der Waals surface area contributed by atoms with E-state index in [4.69, 9.17) is 8.83 Å². The first-order chi connectivity index (χ1) is 16.7. The van der Waals surface area contributed by atoms with Crippen molar-refractivity contribution in [2.75, 3.05) is 5.32 Å². The van der Waals surface area contributed by atoms with E-state index in [1.54, 1.807) is 32.0 Å². The van der Waals surface area contributed by atoms with Crippen LogP contribution in [-0.4, -0.2) is 29.8 Å². The van der Waals surface area contributed by atoms with Gasteiger partial charge in [0.1, 0.15) is 11.1 Å². The summed E-state index contributed by atoms with van der Waals surface area (Å²) in [7, 11) is -3.50. The number of fused-ring (bicyclic) bond motifs is 3. The van der Waals surface area contributed by atoms with Gasteiger partial charge >= 0.3 is 11.6 Å². The molecule has 0 unspecified atom stereocenters. The van der Waals surface area contributed by atoms with Crippen LogP contribution in [0.2, 0.25) is 0 Å². The minimum absolute atomic E-state index is 0.0117. The van der Waals surface area contributed by atoms with E-state index in [0.29, 0.717) is 16.5 Å². The quantitative estimate of drug-likeness (QED) is 0.283. The van der Waals surface area contributed by atoms with Crippen molar-refractivity contribution in [2.24, 2.45) is 0 Å². The van der Waals surface area contributed by atoms with Crippen molar-refractivity contribution in [3.63, 3.8) is 0 Å². The lowest BCUT2D eigenvalue weighted by Gasteiger charge is -2.08. The highest BCUT2D eigenvalue weighted by molar-refractivity contribution is 7.92. The van der Waals surface area contributed by atoms with E-state index in [1.807, 2.05) is 30.3 Å². The molecule has 0 aliphatic rings. The van der Waals surface area contributed by atoms with Crippen LogP contribution in [0.3, 0.4) is 0 Å². The first-order valence-electron chi connectivity index (χ1n) is 10.7. The number of nitrogens with one attached hydrogen (secondary N) is 1. The summed E-state index contributed by atoms with van der Waals surface area (Å²) in [4.78, 5) is 25.4. The lowest BCUT2D eigenvalue weighted by molar-refractivity contribution is 0.102. The fourth-order valence-electron chi connectivity index (χ4n) is 3.66. The maximum atomic E-state index is 12.8. The number of rotatable bonds is 5. The Bertz CT molecular complexity index is 1770. The molecule has 0 fully saturated rings. The van der Waals surface area contributed by atoms with Gasteiger partial charge in [0.2, 0.25) is 5.89 Å². The average Bonchev–Trinajstić information content (AvgIpc) is 3.32. The van der Waals surface area contributed by atoms with Crippen molar-refractivity contribution in [3.05, 3.63) is 82.7 Å². The van der Waals surface area contributed by atoms with Crippen LogP contribution in [0.25, 0.3) is 33.2 Å². The fraction of sp³-hybridized carbons (Fsp3) is 0.120. The molecule has 0 saturated carbocycles. The molecule has 1 N–H and O–H groups in total. The summed E-state index contributed by atoms with van der Waals surface area (Å²) in [6, 6.07) is 18.4. The molecule has 176 valence electrons. The van der Waals surface area contributed by atoms with Crippen molar-refractivity contribution < 1.29 is 22.0 Å². The van der Waals surface area contributed by atoms with Crippen molar-refractivity contribution >= 4 is 43.5 Å². The van der Waals surface area contributed by atoms with Gasteiger partial charge in [0, 0.05) is 10.9 Å². The van der Waals surface area contributed by atoms with Gasteiger partial charge in [-0.15, -0.1) is 5.10 Å². The Kier molecular flexibility index (Phi) is 5.45. The van der Waals surface area contributed by atoms with E-state index < -0.39 is 26.6 Å². The summed E-state index contributed by atoms with van der Waals surface area (Å²) >= 11 is 0. The van der Waals surface area contributed by atoms with Gasteiger partial charge in [0.05, 0.1) is 10.1 Å². The molecule has 5 aromatic rings. The van der Waals surface area contributed by atoms with Crippen LogP contribution >= 0.6 is 0 Å². The Labute approximate surface area is 199 Å². The largest absolute Gasteiger partial charge is 0.422 e. The van der Waals surface area contributed by atoms with Crippen LogP contribution in [0.1, 0.15) is 24.2 Å². The third-order valence-corrected chi connectivity index (χ3v) is 7.71. The lowest BCUT2D eigenvalue weighted by Crippen LogP contribution is -2.20. The summed E-state index contributed by atoms with van der Waals surface area (Å²) in [5.74, 6) is -0.766. The lowest BCUT2D eigenvalue weighted by atomic mass is 10.0. The topological polar surface area (TPSA) is 132 Å². The molecule has 2 heterocycles. The van der Waals surface area contributed by atoms with Gasteiger partial charge in [0.15, 0.2) is 9.84 Å². The third-order valence-electron chi connectivity index (χ3n) is 5.56. The normalized spacial score (nSPS) is 11.9. The number of sulfone groups is 1. The van der Waals surface area contributed by atoms with E-state index in [-0.39, 0.29) is 22.4 Å². The second-order valence-electron chi connectivity index (χ2n) is 8.13. The molecule has 0 radical (unpaired) electrons. The third kappa shape index (κ3) is 4.08. The van der Waals surface area contributed by atoms with Crippen LogP contribution in [0.4, 0.5) is 6.01 Å². The van der Waals surface area contributed by atoms with E-state index >= 15 is 0 Å². The van der Waals surface area contributed by atoms with Gasteiger partial charge in [-0.3, -0.25) is 10.1 Å². The summed E-state index contributed by atoms with van der Waals surface area (Å²) in [5, 5.41) is 11.9. The molecule has 3 aromatic carbocycles.